The van der Waals surface area contributed by atoms with Crippen LogP contribution in [0.2, 0.25) is 10.0 Å². The zero-order chi connectivity index (χ0) is 21.1. The molecule has 0 radical (unpaired) electrons. The Labute approximate surface area is 175 Å². The van der Waals surface area contributed by atoms with Gasteiger partial charge in [0.15, 0.2) is 5.78 Å². The Kier molecular flexibility index (Phi) is 6.25. The van der Waals surface area contributed by atoms with Crippen LogP contribution >= 0.6 is 23.2 Å². The van der Waals surface area contributed by atoms with Gasteiger partial charge in [-0.2, -0.15) is 0 Å². The van der Waals surface area contributed by atoms with E-state index in [1.165, 1.54) is 32.4 Å². The van der Waals surface area contributed by atoms with Crippen molar-refractivity contribution in [2.24, 2.45) is 0 Å². The number of benzene rings is 2. The van der Waals surface area contributed by atoms with Crippen molar-refractivity contribution in [1.29, 1.82) is 0 Å². The third-order valence-electron chi connectivity index (χ3n) is 4.47. The van der Waals surface area contributed by atoms with E-state index in [2.05, 4.69) is 0 Å². The predicted molar refractivity (Wildman–Crippen MR) is 109 cm³/mol. The van der Waals surface area contributed by atoms with Gasteiger partial charge >= 0.3 is 11.6 Å². The van der Waals surface area contributed by atoms with E-state index in [1.807, 2.05) is 0 Å². The van der Waals surface area contributed by atoms with Gasteiger partial charge in [-0.1, -0.05) is 23.2 Å². The molecule has 150 valence electrons. The quantitative estimate of drug-likeness (QED) is 0.319. The zero-order valence-corrected chi connectivity index (χ0v) is 17.0. The van der Waals surface area contributed by atoms with Gasteiger partial charge in [-0.3, -0.25) is 9.59 Å². The number of hydrogen-bond acceptors (Lipinski definition) is 6. The van der Waals surface area contributed by atoms with E-state index < -0.39 is 17.5 Å². The fraction of sp³-hybridized carbons (Fsp3) is 0.190. The molecule has 0 bridgehead atoms. The standard InChI is InChI=1S/C21H16Cl2O6/c1-27-19-10-18-14(7-16(19)23)13(9-20(25)29-18)15(21(26)28-2)8-17(24)11-3-5-12(22)6-4-11/h3-7,9-10,15H,8H2,1-2H3/t15-/m1/s1. The van der Waals surface area contributed by atoms with Crippen LogP contribution in [0.15, 0.2) is 51.7 Å². The molecule has 2 aromatic carbocycles. The maximum atomic E-state index is 12.7. The molecule has 0 saturated carbocycles. The van der Waals surface area contributed by atoms with Crippen LogP contribution in [0.1, 0.15) is 28.3 Å². The summed E-state index contributed by atoms with van der Waals surface area (Å²) in [4.78, 5) is 37.4. The maximum Gasteiger partial charge on any atom is 0.336 e. The van der Waals surface area contributed by atoms with E-state index in [4.69, 9.17) is 37.1 Å². The number of hydrogen-bond donors (Lipinski definition) is 0. The summed E-state index contributed by atoms with van der Waals surface area (Å²) in [7, 11) is 2.64. The second-order valence-corrected chi connectivity index (χ2v) is 7.06. The highest BCUT2D eigenvalue weighted by molar-refractivity contribution is 6.33. The first-order valence-corrected chi connectivity index (χ1v) is 9.27. The van der Waals surface area contributed by atoms with Crippen molar-refractivity contribution in [3.63, 3.8) is 0 Å². The lowest BCUT2D eigenvalue weighted by Gasteiger charge is -2.16. The fourth-order valence-electron chi connectivity index (χ4n) is 3.03. The number of ketones is 1. The Morgan fingerprint density at radius 2 is 1.76 bits per heavy atom. The number of fused-ring (bicyclic) bond motifs is 1. The summed E-state index contributed by atoms with van der Waals surface area (Å²) in [6.45, 7) is 0. The lowest BCUT2D eigenvalue weighted by molar-refractivity contribution is -0.142. The second-order valence-electron chi connectivity index (χ2n) is 6.21. The van der Waals surface area contributed by atoms with Crippen molar-refractivity contribution in [3.8, 4) is 5.75 Å². The van der Waals surface area contributed by atoms with E-state index >= 15 is 0 Å². The molecule has 6 nitrogen and oxygen atoms in total. The van der Waals surface area contributed by atoms with Gasteiger partial charge < -0.3 is 13.9 Å². The predicted octanol–water partition coefficient (Wildman–Crippen LogP) is 4.64. The van der Waals surface area contributed by atoms with Crippen molar-refractivity contribution >= 4 is 45.9 Å². The Hall–Kier alpha value is -2.83. The zero-order valence-electron chi connectivity index (χ0n) is 15.5. The third-order valence-corrected chi connectivity index (χ3v) is 5.01. The molecular formula is C21H16Cl2O6. The summed E-state index contributed by atoms with van der Waals surface area (Å²) in [5.74, 6) is -1.69. The number of esters is 1. The normalized spacial score (nSPS) is 11.9. The molecule has 0 saturated heterocycles. The van der Waals surface area contributed by atoms with Gasteiger partial charge in [0, 0.05) is 34.5 Å². The smallest absolute Gasteiger partial charge is 0.336 e. The van der Waals surface area contributed by atoms with Gasteiger partial charge in [-0.25, -0.2) is 4.79 Å². The minimum absolute atomic E-state index is 0.182. The Morgan fingerprint density at radius 3 is 2.38 bits per heavy atom. The average molecular weight is 435 g/mol. The first-order valence-electron chi connectivity index (χ1n) is 8.52. The Balaban J connectivity index is 2.11. The molecule has 1 heterocycles. The van der Waals surface area contributed by atoms with E-state index in [-0.39, 0.29) is 28.4 Å². The molecule has 0 aliphatic carbocycles. The number of methoxy groups -OCH3 is 2. The van der Waals surface area contributed by atoms with Gasteiger partial charge in [0.05, 0.1) is 25.2 Å². The fourth-order valence-corrected chi connectivity index (χ4v) is 3.40. The highest BCUT2D eigenvalue weighted by Gasteiger charge is 2.28. The van der Waals surface area contributed by atoms with Crippen molar-refractivity contribution in [2.75, 3.05) is 14.2 Å². The average Bonchev–Trinajstić information content (AvgIpc) is 2.71. The second kappa shape index (κ2) is 8.68. The van der Waals surface area contributed by atoms with Crippen LogP contribution in [0.4, 0.5) is 0 Å². The molecule has 0 unspecified atom stereocenters. The van der Waals surface area contributed by atoms with Gasteiger partial charge in [-0.05, 0) is 35.9 Å². The molecule has 3 aromatic rings. The summed E-state index contributed by atoms with van der Waals surface area (Å²) >= 11 is 12.1. The summed E-state index contributed by atoms with van der Waals surface area (Å²) < 4.78 is 15.2. The third kappa shape index (κ3) is 4.44. The number of ether oxygens (including phenoxy) is 2. The largest absolute Gasteiger partial charge is 0.495 e. The molecule has 0 amide bonds. The first-order chi connectivity index (χ1) is 13.8. The van der Waals surface area contributed by atoms with E-state index in [0.717, 1.165) is 0 Å². The molecule has 0 N–H and O–H groups in total. The number of rotatable bonds is 6. The van der Waals surface area contributed by atoms with Crippen LogP contribution < -0.4 is 10.4 Å². The van der Waals surface area contributed by atoms with Gasteiger partial charge in [0.1, 0.15) is 11.3 Å². The Morgan fingerprint density at radius 1 is 1.07 bits per heavy atom. The molecule has 3 rings (SSSR count). The van der Waals surface area contributed by atoms with Crippen LogP contribution in [0.25, 0.3) is 11.0 Å². The number of carbonyl (C=O) groups excluding carboxylic acids is 2. The van der Waals surface area contributed by atoms with Crippen LogP contribution in [-0.2, 0) is 9.53 Å². The van der Waals surface area contributed by atoms with E-state index in [9.17, 15) is 14.4 Å². The summed E-state index contributed by atoms with van der Waals surface area (Å²) in [6.07, 6.45) is -0.212. The molecule has 0 aliphatic rings. The van der Waals surface area contributed by atoms with Gasteiger partial charge in [-0.15, -0.1) is 0 Å². The summed E-state index contributed by atoms with van der Waals surface area (Å²) in [5, 5.41) is 1.17. The number of halogens is 2. The number of Topliss-reactive ketones (excluding diaryl/α,β-unsaturated/α-hetero) is 1. The van der Waals surface area contributed by atoms with E-state index in [1.54, 1.807) is 24.3 Å². The van der Waals surface area contributed by atoms with Crippen molar-refractivity contribution in [1.82, 2.24) is 0 Å². The lowest BCUT2D eigenvalue weighted by atomic mass is 9.89. The molecule has 0 spiro atoms. The topological polar surface area (TPSA) is 82.8 Å². The molecular weight excluding hydrogens is 419 g/mol. The summed E-state index contributed by atoms with van der Waals surface area (Å²) in [6, 6.07) is 10.5. The highest BCUT2D eigenvalue weighted by Crippen LogP contribution is 2.35. The highest BCUT2D eigenvalue weighted by atomic mass is 35.5. The SMILES string of the molecule is COC(=O)[C@H](CC(=O)c1ccc(Cl)cc1)c1cc(=O)oc2cc(OC)c(Cl)cc12. The maximum absolute atomic E-state index is 12.7. The number of carbonyl (C=O) groups is 2. The van der Waals surface area contributed by atoms with Gasteiger partial charge in [0.25, 0.3) is 0 Å². The molecule has 29 heavy (non-hydrogen) atoms. The van der Waals surface area contributed by atoms with Crippen LogP contribution in [-0.4, -0.2) is 26.0 Å². The molecule has 1 aromatic heterocycles. The lowest BCUT2D eigenvalue weighted by Crippen LogP contribution is -2.20. The minimum Gasteiger partial charge on any atom is -0.495 e. The molecule has 1 atom stereocenters. The molecule has 8 heteroatoms. The van der Waals surface area contributed by atoms with Crippen molar-refractivity contribution in [2.45, 2.75) is 12.3 Å². The van der Waals surface area contributed by atoms with Crippen molar-refractivity contribution < 1.29 is 23.5 Å². The van der Waals surface area contributed by atoms with E-state index in [0.29, 0.717) is 21.7 Å². The van der Waals surface area contributed by atoms with Gasteiger partial charge in [0.2, 0.25) is 0 Å². The van der Waals surface area contributed by atoms with Crippen molar-refractivity contribution in [3.05, 3.63) is 74.1 Å². The minimum atomic E-state index is -1.03. The first kappa shape index (κ1) is 20.9. The van der Waals surface area contributed by atoms with Crippen LogP contribution in [0.3, 0.4) is 0 Å². The van der Waals surface area contributed by atoms with Crippen LogP contribution in [0, 0.1) is 0 Å². The van der Waals surface area contributed by atoms with Crippen LogP contribution in [0.5, 0.6) is 5.75 Å². The monoisotopic (exact) mass is 434 g/mol. The molecule has 0 aliphatic heterocycles. The Bertz CT molecular complexity index is 1130. The molecule has 0 fully saturated rings. The summed E-state index contributed by atoms with van der Waals surface area (Å²) in [5.41, 5.74) is 0.177.